The number of rotatable bonds is 4. The molecule has 0 fully saturated rings. The first kappa shape index (κ1) is 16.3. The Morgan fingerprint density at radius 3 is 3.04 bits per heavy atom. The number of fused-ring (bicyclic) bond motifs is 1. The maximum atomic E-state index is 12.3. The van der Waals surface area contributed by atoms with Gasteiger partial charge in [0.1, 0.15) is 5.69 Å². The van der Waals surface area contributed by atoms with Crippen LogP contribution in [0.25, 0.3) is 0 Å². The normalized spacial score (nSPS) is 16.6. The molecule has 2 heterocycles. The van der Waals surface area contributed by atoms with Crippen molar-refractivity contribution in [1.29, 1.82) is 0 Å². The second-order valence-electron chi connectivity index (χ2n) is 6.25. The highest BCUT2D eigenvalue weighted by Crippen LogP contribution is 2.24. The molecule has 0 saturated heterocycles. The summed E-state index contributed by atoms with van der Waals surface area (Å²) in [5, 5.41) is 10.3. The number of nitrogens with one attached hydrogen (secondary N) is 2. The van der Waals surface area contributed by atoms with Crippen LogP contribution < -0.4 is 15.4 Å². The highest BCUT2D eigenvalue weighted by molar-refractivity contribution is 5.90. The van der Waals surface area contributed by atoms with Crippen molar-refractivity contribution in [3.05, 3.63) is 35.8 Å². The van der Waals surface area contributed by atoms with Crippen LogP contribution in [0.15, 0.2) is 24.5 Å². The molecule has 0 unspecified atom stereocenters. The van der Waals surface area contributed by atoms with E-state index in [9.17, 15) is 4.79 Å². The first-order chi connectivity index (χ1) is 11.6. The van der Waals surface area contributed by atoms with Crippen molar-refractivity contribution in [3.63, 3.8) is 0 Å². The van der Waals surface area contributed by atoms with Crippen molar-refractivity contribution >= 4 is 11.7 Å². The summed E-state index contributed by atoms with van der Waals surface area (Å²) < 4.78 is 7.20. The molecule has 0 spiro atoms. The quantitative estimate of drug-likeness (QED) is 0.903. The number of aromatic nitrogens is 3. The topological polar surface area (TPSA) is 81.1 Å². The number of pyridine rings is 1. The molecule has 1 aliphatic carbocycles. The van der Waals surface area contributed by atoms with Crippen LogP contribution in [0, 0.1) is 0 Å². The Morgan fingerprint density at radius 2 is 2.29 bits per heavy atom. The summed E-state index contributed by atoms with van der Waals surface area (Å²) in [6.45, 7) is 4.23. The summed E-state index contributed by atoms with van der Waals surface area (Å²) in [6, 6.07) is 3.69. The minimum atomic E-state index is -0.245. The Morgan fingerprint density at radius 1 is 1.46 bits per heavy atom. The summed E-state index contributed by atoms with van der Waals surface area (Å²) in [5.74, 6) is 0.400. The number of amides is 2. The number of methoxy groups -OCH3 is 1. The number of nitrogens with zero attached hydrogens (tertiary/aromatic N) is 3. The molecule has 2 aromatic heterocycles. The molecular formula is C17H23N5O2. The molecule has 0 radical (unpaired) electrons. The van der Waals surface area contributed by atoms with Gasteiger partial charge in [0.05, 0.1) is 13.3 Å². The monoisotopic (exact) mass is 329 g/mol. The average Bonchev–Trinajstić information content (AvgIpc) is 2.98. The van der Waals surface area contributed by atoms with E-state index in [2.05, 4.69) is 34.6 Å². The van der Waals surface area contributed by atoms with E-state index < -0.39 is 0 Å². The lowest BCUT2D eigenvalue weighted by atomic mass is 9.93. The van der Waals surface area contributed by atoms with E-state index in [0.717, 1.165) is 19.3 Å². The van der Waals surface area contributed by atoms with Gasteiger partial charge in [0.25, 0.3) is 0 Å². The zero-order valence-electron chi connectivity index (χ0n) is 14.2. The first-order valence-electron chi connectivity index (χ1n) is 8.20. The maximum absolute atomic E-state index is 12.3. The first-order valence-corrected chi connectivity index (χ1v) is 8.20. The predicted octanol–water partition coefficient (Wildman–Crippen LogP) is 2.55. The Bertz CT molecular complexity index is 726. The average molecular weight is 329 g/mol. The molecular weight excluding hydrogens is 306 g/mol. The van der Waals surface area contributed by atoms with E-state index in [4.69, 9.17) is 4.74 Å². The van der Waals surface area contributed by atoms with Gasteiger partial charge in [0.15, 0.2) is 0 Å². The number of hydrogen-bond donors (Lipinski definition) is 2. The SMILES string of the molecule is COc1ncccc1NC(=O)N[C@H]1CCc2cnn(C(C)C)c2C1. The molecule has 2 amide bonds. The molecule has 24 heavy (non-hydrogen) atoms. The second-order valence-corrected chi connectivity index (χ2v) is 6.25. The van der Waals surface area contributed by atoms with Gasteiger partial charge in [-0.15, -0.1) is 0 Å². The lowest BCUT2D eigenvalue weighted by Gasteiger charge is -2.25. The van der Waals surface area contributed by atoms with Gasteiger partial charge >= 0.3 is 6.03 Å². The smallest absolute Gasteiger partial charge is 0.319 e. The van der Waals surface area contributed by atoms with Crippen molar-refractivity contribution < 1.29 is 9.53 Å². The van der Waals surface area contributed by atoms with Gasteiger partial charge in [0.2, 0.25) is 5.88 Å². The third-order valence-electron chi connectivity index (χ3n) is 4.22. The van der Waals surface area contributed by atoms with Gasteiger partial charge in [-0.1, -0.05) is 0 Å². The summed E-state index contributed by atoms with van der Waals surface area (Å²) in [6.07, 6.45) is 6.21. The van der Waals surface area contributed by atoms with E-state index in [0.29, 0.717) is 17.6 Å². The van der Waals surface area contributed by atoms with Gasteiger partial charge in [0, 0.05) is 30.4 Å². The van der Waals surface area contributed by atoms with E-state index >= 15 is 0 Å². The van der Waals surface area contributed by atoms with Crippen LogP contribution in [0.1, 0.15) is 37.6 Å². The Kier molecular flexibility index (Phi) is 4.69. The highest BCUT2D eigenvalue weighted by Gasteiger charge is 2.24. The predicted molar refractivity (Wildman–Crippen MR) is 91.4 cm³/mol. The third kappa shape index (κ3) is 3.34. The molecule has 0 saturated carbocycles. The molecule has 2 aromatic rings. The molecule has 1 atom stereocenters. The second kappa shape index (κ2) is 6.90. The van der Waals surface area contributed by atoms with Crippen LogP contribution in [-0.4, -0.2) is 33.9 Å². The Balaban J connectivity index is 1.64. The molecule has 7 nitrogen and oxygen atoms in total. The lowest BCUT2D eigenvalue weighted by Crippen LogP contribution is -2.41. The third-order valence-corrected chi connectivity index (χ3v) is 4.22. The van der Waals surface area contributed by atoms with Crippen LogP contribution in [-0.2, 0) is 12.8 Å². The molecule has 1 aliphatic rings. The number of carbonyl (C=O) groups excluding carboxylic acids is 1. The van der Waals surface area contributed by atoms with Crippen molar-refractivity contribution in [2.45, 2.75) is 45.2 Å². The van der Waals surface area contributed by atoms with Crippen LogP contribution in [0.2, 0.25) is 0 Å². The van der Waals surface area contributed by atoms with E-state index in [1.165, 1.54) is 18.4 Å². The van der Waals surface area contributed by atoms with E-state index in [-0.39, 0.29) is 12.1 Å². The van der Waals surface area contributed by atoms with E-state index in [1.807, 2.05) is 10.9 Å². The maximum Gasteiger partial charge on any atom is 0.319 e. The van der Waals surface area contributed by atoms with Crippen molar-refractivity contribution in [2.24, 2.45) is 0 Å². The van der Waals surface area contributed by atoms with Crippen LogP contribution in [0.4, 0.5) is 10.5 Å². The number of carbonyl (C=O) groups is 1. The Labute approximate surface area is 141 Å². The zero-order chi connectivity index (χ0) is 17.1. The van der Waals surface area contributed by atoms with Gasteiger partial charge in [-0.25, -0.2) is 9.78 Å². The fraction of sp³-hybridized carbons (Fsp3) is 0.471. The van der Waals surface area contributed by atoms with Crippen molar-refractivity contribution in [2.75, 3.05) is 12.4 Å². The lowest BCUT2D eigenvalue weighted by molar-refractivity contribution is 0.246. The number of anilines is 1. The fourth-order valence-electron chi connectivity index (χ4n) is 3.08. The van der Waals surface area contributed by atoms with Gasteiger partial charge in [-0.3, -0.25) is 4.68 Å². The molecule has 0 aliphatic heterocycles. The zero-order valence-corrected chi connectivity index (χ0v) is 14.2. The Hall–Kier alpha value is -2.57. The standard InChI is InChI=1S/C17H23N5O2/c1-11(2)22-15-9-13(7-6-12(15)10-19-22)20-17(23)21-14-5-4-8-18-16(14)24-3/h4-5,8,10-11,13H,6-7,9H2,1-3H3,(H2,20,21,23)/t13-/m0/s1. The fourth-order valence-corrected chi connectivity index (χ4v) is 3.08. The summed E-state index contributed by atoms with van der Waals surface area (Å²) >= 11 is 0. The minimum Gasteiger partial charge on any atom is -0.480 e. The minimum absolute atomic E-state index is 0.0920. The number of urea groups is 1. The number of hydrogen-bond acceptors (Lipinski definition) is 4. The van der Waals surface area contributed by atoms with Crippen molar-refractivity contribution in [1.82, 2.24) is 20.1 Å². The summed E-state index contributed by atoms with van der Waals surface area (Å²) in [7, 11) is 1.53. The summed E-state index contributed by atoms with van der Waals surface area (Å²) in [5.41, 5.74) is 3.07. The van der Waals surface area contributed by atoms with Crippen LogP contribution >= 0.6 is 0 Å². The van der Waals surface area contributed by atoms with Gasteiger partial charge in [-0.05, 0) is 44.4 Å². The molecule has 0 bridgehead atoms. The van der Waals surface area contributed by atoms with Gasteiger partial charge in [-0.2, -0.15) is 5.10 Å². The van der Waals surface area contributed by atoms with Crippen LogP contribution in [0.5, 0.6) is 5.88 Å². The van der Waals surface area contributed by atoms with E-state index in [1.54, 1.807) is 18.3 Å². The largest absolute Gasteiger partial charge is 0.480 e. The number of aryl methyl sites for hydroxylation is 1. The molecule has 3 rings (SSSR count). The van der Waals surface area contributed by atoms with Crippen LogP contribution in [0.3, 0.4) is 0 Å². The molecule has 128 valence electrons. The molecule has 0 aromatic carbocycles. The summed E-state index contributed by atoms with van der Waals surface area (Å²) in [4.78, 5) is 16.4. The van der Waals surface area contributed by atoms with Gasteiger partial charge < -0.3 is 15.4 Å². The van der Waals surface area contributed by atoms with Crippen molar-refractivity contribution in [3.8, 4) is 5.88 Å². The highest BCUT2D eigenvalue weighted by atomic mass is 16.5. The molecule has 7 heteroatoms. The number of ether oxygens (including phenoxy) is 1. The molecule has 2 N–H and O–H groups in total.